The minimum atomic E-state index is -0.588. The minimum absolute atomic E-state index is 0.0177. The summed E-state index contributed by atoms with van der Waals surface area (Å²) in [6.07, 6.45) is 0.665. The molecule has 1 N–H and O–H groups in total. The summed E-state index contributed by atoms with van der Waals surface area (Å²) in [4.78, 5) is 27.5. The van der Waals surface area contributed by atoms with Gasteiger partial charge in [-0.25, -0.2) is 0 Å². The van der Waals surface area contributed by atoms with Crippen molar-refractivity contribution >= 4 is 27.7 Å². The third kappa shape index (κ3) is 8.50. The summed E-state index contributed by atoms with van der Waals surface area (Å²) < 4.78 is 6.66. The van der Waals surface area contributed by atoms with Crippen LogP contribution in [0.15, 0.2) is 53.0 Å². The van der Waals surface area contributed by atoms with E-state index in [9.17, 15) is 9.59 Å². The Kier molecular flexibility index (Phi) is 9.96. The number of hydrogen-bond acceptors (Lipinski definition) is 3. The average molecular weight is 518 g/mol. The van der Waals surface area contributed by atoms with Crippen molar-refractivity contribution in [3.8, 4) is 5.75 Å². The maximum absolute atomic E-state index is 13.2. The lowest BCUT2D eigenvalue weighted by atomic mass is 9.87. The zero-order valence-electron chi connectivity index (χ0n) is 20.7. The molecule has 33 heavy (non-hydrogen) atoms. The summed E-state index contributed by atoms with van der Waals surface area (Å²) in [6, 6.07) is 15.3. The van der Waals surface area contributed by atoms with Crippen LogP contribution in [0.4, 0.5) is 0 Å². The Morgan fingerprint density at radius 2 is 1.73 bits per heavy atom. The maximum Gasteiger partial charge on any atom is 0.261 e. The Bertz CT molecular complexity index is 923. The van der Waals surface area contributed by atoms with Gasteiger partial charge in [-0.1, -0.05) is 71.0 Å². The summed E-state index contributed by atoms with van der Waals surface area (Å²) >= 11 is 3.56. The summed E-state index contributed by atoms with van der Waals surface area (Å²) in [5, 5.41) is 2.94. The molecule has 0 saturated carbocycles. The molecule has 6 heteroatoms. The predicted molar refractivity (Wildman–Crippen MR) is 138 cm³/mol. The van der Waals surface area contributed by atoms with E-state index in [-0.39, 0.29) is 23.8 Å². The van der Waals surface area contributed by atoms with Crippen LogP contribution < -0.4 is 10.1 Å². The van der Waals surface area contributed by atoms with Crippen LogP contribution in [0.25, 0.3) is 0 Å². The van der Waals surface area contributed by atoms with E-state index in [2.05, 4.69) is 42.0 Å². The molecule has 0 aliphatic rings. The van der Waals surface area contributed by atoms with Gasteiger partial charge in [0, 0.05) is 13.1 Å². The van der Waals surface area contributed by atoms with Gasteiger partial charge in [0.15, 0.2) is 6.61 Å². The third-order valence-corrected chi connectivity index (χ3v) is 6.10. The van der Waals surface area contributed by atoms with E-state index in [1.807, 2.05) is 62.4 Å². The number of nitrogens with zero attached hydrogens (tertiary/aromatic N) is 1. The van der Waals surface area contributed by atoms with Gasteiger partial charge in [-0.2, -0.15) is 0 Å². The zero-order valence-corrected chi connectivity index (χ0v) is 22.2. The molecule has 0 bridgehead atoms. The van der Waals surface area contributed by atoms with Crippen molar-refractivity contribution in [2.75, 3.05) is 19.7 Å². The second-order valence-electron chi connectivity index (χ2n) is 9.82. The lowest BCUT2D eigenvalue weighted by Crippen LogP contribution is -2.50. The summed E-state index contributed by atoms with van der Waals surface area (Å²) in [6.45, 7) is 13.2. The molecule has 0 spiro atoms. The van der Waals surface area contributed by atoms with Crippen LogP contribution in [0.5, 0.6) is 5.75 Å². The highest BCUT2D eigenvalue weighted by Crippen LogP contribution is 2.31. The van der Waals surface area contributed by atoms with Gasteiger partial charge in [-0.05, 0) is 63.9 Å². The SMILES string of the molecule is CC(C)CNC(=O)[C@@H](C)N(CCc1ccccc1)C(=O)COc1ccc(C(C)(C)C)cc1Br. The van der Waals surface area contributed by atoms with E-state index < -0.39 is 6.04 Å². The number of carbonyl (C=O) groups excluding carboxylic acids is 2. The first-order valence-electron chi connectivity index (χ1n) is 11.5. The van der Waals surface area contributed by atoms with Crippen molar-refractivity contribution < 1.29 is 14.3 Å². The fraction of sp³-hybridized carbons (Fsp3) is 0.481. The fourth-order valence-electron chi connectivity index (χ4n) is 3.33. The first-order chi connectivity index (χ1) is 15.5. The molecule has 1 atom stereocenters. The second-order valence-corrected chi connectivity index (χ2v) is 10.7. The van der Waals surface area contributed by atoms with E-state index in [1.165, 1.54) is 5.56 Å². The molecule has 2 aromatic carbocycles. The van der Waals surface area contributed by atoms with E-state index in [4.69, 9.17) is 4.74 Å². The Hall–Kier alpha value is -2.34. The van der Waals surface area contributed by atoms with Gasteiger partial charge in [0.1, 0.15) is 11.8 Å². The average Bonchev–Trinajstić information content (AvgIpc) is 2.76. The highest BCUT2D eigenvalue weighted by Gasteiger charge is 2.26. The number of rotatable bonds is 10. The Morgan fingerprint density at radius 1 is 1.06 bits per heavy atom. The van der Waals surface area contributed by atoms with Crippen LogP contribution in [-0.4, -0.2) is 42.5 Å². The Labute approximate surface area is 207 Å². The van der Waals surface area contributed by atoms with Crippen LogP contribution in [-0.2, 0) is 21.4 Å². The van der Waals surface area contributed by atoms with Crippen molar-refractivity contribution in [1.82, 2.24) is 10.2 Å². The molecule has 2 rings (SSSR count). The van der Waals surface area contributed by atoms with Crippen LogP contribution in [0.1, 0.15) is 52.7 Å². The summed E-state index contributed by atoms with van der Waals surface area (Å²) in [7, 11) is 0. The van der Waals surface area contributed by atoms with Crippen LogP contribution >= 0.6 is 15.9 Å². The molecule has 180 valence electrons. The van der Waals surface area contributed by atoms with E-state index in [1.54, 1.807) is 11.8 Å². The fourth-order valence-corrected chi connectivity index (χ4v) is 3.82. The standard InChI is InChI=1S/C27H37BrN2O3/c1-19(2)17-29-26(32)20(3)30(15-14-21-10-8-7-9-11-21)25(31)18-33-24-13-12-22(16-23(24)28)27(4,5)6/h7-13,16,19-20H,14-15,17-18H2,1-6H3,(H,29,32)/t20-/m1/s1. The van der Waals surface area contributed by atoms with Gasteiger partial charge < -0.3 is 15.0 Å². The number of hydrogen-bond donors (Lipinski definition) is 1. The van der Waals surface area contributed by atoms with Crippen molar-refractivity contribution in [1.29, 1.82) is 0 Å². The van der Waals surface area contributed by atoms with Crippen molar-refractivity contribution in [3.05, 3.63) is 64.1 Å². The number of benzene rings is 2. The first-order valence-corrected chi connectivity index (χ1v) is 12.3. The lowest BCUT2D eigenvalue weighted by Gasteiger charge is -2.29. The summed E-state index contributed by atoms with van der Waals surface area (Å²) in [5.74, 6) is 0.577. The Morgan fingerprint density at radius 3 is 2.30 bits per heavy atom. The third-order valence-electron chi connectivity index (χ3n) is 5.49. The minimum Gasteiger partial charge on any atom is -0.483 e. The number of carbonyl (C=O) groups is 2. The predicted octanol–water partition coefficient (Wildman–Crippen LogP) is 5.36. The van der Waals surface area contributed by atoms with E-state index >= 15 is 0 Å². The van der Waals surface area contributed by atoms with Gasteiger partial charge in [0.25, 0.3) is 5.91 Å². The van der Waals surface area contributed by atoms with Crippen LogP contribution in [0.3, 0.4) is 0 Å². The molecular weight excluding hydrogens is 480 g/mol. The zero-order chi connectivity index (χ0) is 24.6. The highest BCUT2D eigenvalue weighted by molar-refractivity contribution is 9.10. The smallest absolute Gasteiger partial charge is 0.261 e. The number of halogens is 1. The molecule has 0 radical (unpaired) electrons. The molecule has 0 heterocycles. The van der Waals surface area contributed by atoms with Crippen molar-refractivity contribution in [3.63, 3.8) is 0 Å². The van der Waals surface area contributed by atoms with Gasteiger partial charge in [0.2, 0.25) is 5.91 Å². The van der Waals surface area contributed by atoms with Gasteiger partial charge in [-0.15, -0.1) is 0 Å². The molecule has 0 saturated heterocycles. The monoisotopic (exact) mass is 516 g/mol. The molecule has 2 aromatic rings. The molecule has 5 nitrogen and oxygen atoms in total. The number of amides is 2. The van der Waals surface area contributed by atoms with E-state index in [0.29, 0.717) is 31.2 Å². The molecule has 0 fully saturated rings. The number of nitrogens with one attached hydrogen (secondary N) is 1. The van der Waals surface area contributed by atoms with Gasteiger partial charge in [0.05, 0.1) is 4.47 Å². The first kappa shape index (κ1) is 26.9. The molecule has 0 unspecified atom stereocenters. The van der Waals surface area contributed by atoms with Crippen LogP contribution in [0.2, 0.25) is 0 Å². The molecular formula is C27H37BrN2O3. The van der Waals surface area contributed by atoms with Crippen LogP contribution in [0, 0.1) is 5.92 Å². The Balaban J connectivity index is 2.10. The largest absolute Gasteiger partial charge is 0.483 e. The number of ether oxygens (including phenoxy) is 1. The maximum atomic E-state index is 13.2. The normalized spacial score (nSPS) is 12.4. The molecule has 0 aliphatic heterocycles. The second kappa shape index (κ2) is 12.2. The molecule has 0 aliphatic carbocycles. The van der Waals surface area contributed by atoms with Gasteiger partial charge >= 0.3 is 0 Å². The lowest BCUT2D eigenvalue weighted by molar-refractivity contribution is -0.141. The highest BCUT2D eigenvalue weighted by atomic mass is 79.9. The van der Waals surface area contributed by atoms with Crippen molar-refractivity contribution in [2.45, 2.75) is 59.4 Å². The topological polar surface area (TPSA) is 58.6 Å². The van der Waals surface area contributed by atoms with Crippen molar-refractivity contribution in [2.24, 2.45) is 5.92 Å². The quantitative estimate of drug-likeness (QED) is 0.462. The van der Waals surface area contributed by atoms with E-state index in [0.717, 1.165) is 10.0 Å². The summed E-state index contributed by atoms with van der Waals surface area (Å²) in [5.41, 5.74) is 2.31. The molecule has 0 aromatic heterocycles. The van der Waals surface area contributed by atoms with Gasteiger partial charge in [-0.3, -0.25) is 9.59 Å². The molecule has 2 amide bonds.